The van der Waals surface area contributed by atoms with Crippen LogP contribution in [0.3, 0.4) is 0 Å². The number of rotatable bonds is 5. The number of nitrogens with zero attached hydrogens (tertiary/aromatic N) is 6. The monoisotopic (exact) mass is 451 g/mol. The van der Waals surface area contributed by atoms with Crippen molar-refractivity contribution in [2.45, 2.75) is 18.8 Å². The molecule has 0 saturated carbocycles. The van der Waals surface area contributed by atoms with Crippen LogP contribution in [0.5, 0.6) is 0 Å². The molecule has 2 fully saturated rings. The van der Waals surface area contributed by atoms with Crippen LogP contribution >= 0.6 is 11.3 Å². The summed E-state index contributed by atoms with van der Waals surface area (Å²) >= 11 is 1.79. The molecule has 4 heterocycles. The number of benzene rings is 1. The van der Waals surface area contributed by atoms with Crippen LogP contribution in [-0.4, -0.2) is 83.1 Å². The van der Waals surface area contributed by atoms with Gasteiger partial charge in [0.1, 0.15) is 0 Å². The third-order valence-corrected chi connectivity index (χ3v) is 7.55. The average Bonchev–Trinajstić information content (AvgIpc) is 3.29. The molecule has 8 nitrogen and oxygen atoms in total. The zero-order chi connectivity index (χ0) is 21.8. The first-order valence-electron chi connectivity index (χ1n) is 11.4. The fourth-order valence-electron chi connectivity index (χ4n) is 4.45. The molecule has 3 aromatic rings. The Morgan fingerprint density at radius 3 is 2.50 bits per heavy atom. The first-order valence-corrected chi connectivity index (χ1v) is 12.2. The van der Waals surface area contributed by atoms with Gasteiger partial charge in [0.25, 0.3) is 0 Å². The number of hydrogen-bond donors (Lipinski definition) is 1. The maximum absolute atomic E-state index is 12.6. The fraction of sp³-hybridized carbons (Fsp3) is 0.478. The number of piperidine rings is 1. The van der Waals surface area contributed by atoms with E-state index in [-0.39, 0.29) is 6.03 Å². The molecular weight excluding hydrogens is 422 g/mol. The highest BCUT2D eigenvalue weighted by Crippen LogP contribution is 2.33. The third-order valence-electron chi connectivity index (χ3n) is 6.35. The van der Waals surface area contributed by atoms with Gasteiger partial charge in [0.2, 0.25) is 5.95 Å². The van der Waals surface area contributed by atoms with E-state index < -0.39 is 0 Å². The number of piperazine rings is 1. The van der Waals surface area contributed by atoms with E-state index in [1.165, 1.54) is 9.71 Å². The van der Waals surface area contributed by atoms with E-state index in [2.05, 4.69) is 43.3 Å². The summed E-state index contributed by atoms with van der Waals surface area (Å²) in [6.07, 6.45) is 5.53. The van der Waals surface area contributed by atoms with E-state index in [9.17, 15) is 4.79 Å². The second kappa shape index (κ2) is 9.79. The summed E-state index contributed by atoms with van der Waals surface area (Å²) in [6.45, 7) is 6.89. The molecule has 1 aromatic carbocycles. The molecule has 0 atom stereocenters. The van der Waals surface area contributed by atoms with Crippen LogP contribution in [0.1, 0.15) is 23.8 Å². The number of aromatic nitrogens is 3. The number of hydrogen-bond acceptors (Lipinski definition) is 7. The van der Waals surface area contributed by atoms with Crippen LogP contribution in [-0.2, 0) is 0 Å². The van der Waals surface area contributed by atoms with Gasteiger partial charge in [-0.3, -0.25) is 4.90 Å². The number of nitrogens with one attached hydrogen (secondary N) is 1. The van der Waals surface area contributed by atoms with Crippen LogP contribution in [0, 0.1) is 0 Å². The first-order chi connectivity index (χ1) is 15.8. The van der Waals surface area contributed by atoms with Gasteiger partial charge in [-0.1, -0.05) is 12.1 Å². The molecule has 9 heteroatoms. The lowest BCUT2D eigenvalue weighted by Gasteiger charge is -2.35. The minimum absolute atomic E-state index is 0.0593. The van der Waals surface area contributed by atoms with Crippen molar-refractivity contribution in [3.63, 3.8) is 0 Å². The Kier molecular flexibility index (Phi) is 6.45. The van der Waals surface area contributed by atoms with Crippen LogP contribution in [0.2, 0.25) is 0 Å². The van der Waals surface area contributed by atoms with E-state index in [0.29, 0.717) is 12.5 Å². The topological polar surface area (TPSA) is 77.5 Å². The molecule has 2 aromatic heterocycles. The highest BCUT2D eigenvalue weighted by Gasteiger charge is 2.26. The third kappa shape index (κ3) is 4.83. The minimum atomic E-state index is 0.0593. The molecule has 0 spiro atoms. The lowest BCUT2D eigenvalue weighted by molar-refractivity contribution is 0.178. The van der Waals surface area contributed by atoms with Gasteiger partial charge in [-0.25, -0.2) is 19.7 Å². The van der Waals surface area contributed by atoms with E-state index in [1.807, 2.05) is 17.0 Å². The Morgan fingerprint density at radius 1 is 1.00 bits per heavy atom. The smallest absolute Gasteiger partial charge is 0.317 e. The second-order valence-corrected chi connectivity index (χ2v) is 9.45. The van der Waals surface area contributed by atoms with Crippen molar-refractivity contribution in [2.24, 2.45) is 0 Å². The van der Waals surface area contributed by atoms with Crippen molar-refractivity contribution >= 4 is 33.5 Å². The predicted octanol–water partition coefficient (Wildman–Crippen LogP) is 2.80. The van der Waals surface area contributed by atoms with Gasteiger partial charge < -0.3 is 15.1 Å². The van der Waals surface area contributed by atoms with E-state index in [4.69, 9.17) is 4.98 Å². The molecule has 1 N–H and O–H groups in total. The van der Waals surface area contributed by atoms with Crippen LogP contribution in [0.25, 0.3) is 10.2 Å². The SMILES string of the molecule is O=C(NCCN1CCN(c2ncccn2)CC1)N1CCC(c2nc3ccccc3s2)CC1. The molecule has 0 bridgehead atoms. The summed E-state index contributed by atoms with van der Waals surface area (Å²) in [5, 5.41) is 4.33. The van der Waals surface area contributed by atoms with Crippen molar-refractivity contribution in [1.29, 1.82) is 0 Å². The lowest BCUT2D eigenvalue weighted by atomic mass is 9.98. The van der Waals surface area contributed by atoms with Gasteiger partial charge >= 0.3 is 6.03 Å². The molecule has 0 unspecified atom stereocenters. The van der Waals surface area contributed by atoms with Gasteiger partial charge in [-0.15, -0.1) is 11.3 Å². The van der Waals surface area contributed by atoms with Crippen molar-refractivity contribution < 1.29 is 4.79 Å². The van der Waals surface area contributed by atoms with Crippen LogP contribution in [0.4, 0.5) is 10.7 Å². The second-order valence-electron chi connectivity index (χ2n) is 8.39. The van der Waals surface area contributed by atoms with Crippen molar-refractivity contribution in [3.05, 3.63) is 47.7 Å². The van der Waals surface area contributed by atoms with Crippen molar-refractivity contribution in [2.75, 3.05) is 57.3 Å². The maximum Gasteiger partial charge on any atom is 0.317 e. The van der Waals surface area contributed by atoms with Gasteiger partial charge in [0.15, 0.2) is 0 Å². The molecule has 168 valence electrons. The Morgan fingerprint density at radius 2 is 1.75 bits per heavy atom. The van der Waals surface area contributed by atoms with Gasteiger partial charge in [0, 0.05) is 70.7 Å². The average molecular weight is 452 g/mol. The molecule has 32 heavy (non-hydrogen) atoms. The van der Waals surface area contributed by atoms with Gasteiger partial charge in [-0.05, 0) is 31.0 Å². The Labute approximate surface area is 192 Å². The normalized spacial score (nSPS) is 18.2. The predicted molar refractivity (Wildman–Crippen MR) is 127 cm³/mol. The van der Waals surface area contributed by atoms with Crippen molar-refractivity contribution in [1.82, 2.24) is 30.1 Å². The highest BCUT2D eigenvalue weighted by atomic mass is 32.1. The number of thiazole rings is 1. The molecular formula is C23H29N7OS. The van der Waals surface area contributed by atoms with Crippen LogP contribution < -0.4 is 10.2 Å². The Bertz CT molecular complexity index is 994. The zero-order valence-electron chi connectivity index (χ0n) is 18.2. The molecule has 0 aliphatic carbocycles. The first kappa shape index (κ1) is 21.1. The zero-order valence-corrected chi connectivity index (χ0v) is 19.0. The molecule has 0 radical (unpaired) electrons. The highest BCUT2D eigenvalue weighted by molar-refractivity contribution is 7.18. The van der Waals surface area contributed by atoms with Crippen LogP contribution in [0.15, 0.2) is 42.7 Å². The minimum Gasteiger partial charge on any atom is -0.338 e. The maximum atomic E-state index is 12.6. The number of amides is 2. The number of likely N-dealkylation sites (tertiary alicyclic amines) is 1. The number of para-hydroxylation sites is 1. The van der Waals surface area contributed by atoms with E-state index in [0.717, 1.165) is 70.1 Å². The van der Waals surface area contributed by atoms with E-state index >= 15 is 0 Å². The fourth-order valence-corrected chi connectivity index (χ4v) is 5.59. The Balaban J connectivity index is 1.02. The summed E-state index contributed by atoms with van der Waals surface area (Å²) in [7, 11) is 0. The molecule has 2 amide bonds. The quantitative estimate of drug-likeness (QED) is 0.643. The number of carbonyl (C=O) groups excluding carboxylic acids is 1. The summed E-state index contributed by atoms with van der Waals surface area (Å²) in [4.78, 5) is 32.6. The molecule has 5 rings (SSSR count). The largest absolute Gasteiger partial charge is 0.338 e. The number of fused-ring (bicyclic) bond motifs is 1. The van der Waals surface area contributed by atoms with Gasteiger partial charge in [0.05, 0.1) is 15.2 Å². The van der Waals surface area contributed by atoms with E-state index in [1.54, 1.807) is 23.7 Å². The summed E-state index contributed by atoms with van der Waals surface area (Å²) in [5.41, 5.74) is 1.09. The number of urea groups is 1. The standard InChI is InChI=1S/C23H29N7OS/c31-23(26-10-13-28-14-16-29(17-15-28)22-24-8-3-9-25-22)30-11-6-18(7-12-30)21-27-19-4-1-2-5-20(19)32-21/h1-5,8-9,18H,6-7,10-17H2,(H,26,31). The molecule has 2 aliphatic heterocycles. The summed E-state index contributed by atoms with van der Waals surface area (Å²) in [5.74, 6) is 1.26. The molecule has 2 aliphatic rings. The number of carbonyl (C=O) groups is 1. The van der Waals surface area contributed by atoms with Gasteiger partial charge in [-0.2, -0.15) is 0 Å². The summed E-state index contributed by atoms with van der Waals surface area (Å²) in [6, 6.07) is 10.2. The Hall–Kier alpha value is -2.78. The lowest BCUT2D eigenvalue weighted by Crippen LogP contribution is -2.50. The summed E-state index contributed by atoms with van der Waals surface area (Å²) < 4.78 is 1.25. The van der Waals surface area contributed by atoms with Crippen molar-refractivity contribution in [3.8, 4) is 0 Å². The number of anilines is 1. The molecule has 2 saturated heterocycles.